The van der Waals surface area contributed by atoms with Gasteiger partial charge in [-0.2, -0.15) is 5.10 Å². The molecule has 10 heteroatoms. The van der Waals surface area contributed by atoms with Crippen LogP contribution in [-0.2, 0) is 16.2 Å². The molecule has 176 valence electrons. The number of ether oxygens (including phenoxy) is 2. The molecule has 34 heavy (non-hydrogen) atoms. The molecular weight excluding hydrogens is 501 g/mol. The van der Waals surface area contributed by atoms with Crippen LogP contribution in [0.15, 0.2) is 65.8 Å². The summed E-state index contributed by atoms with van der Waals surface area (Å²) in [5, 5.41) is 7.43. The van der Waals surface area contributed by atoms with Crippen molar-refractivity contribution < 1.29 is 19.1 Å². The summed E-state index contributed by atoms with van der Waals surface area (Å²) in [5.74, 6) is -0.827. The molecule has 0 saturated carbocycles. The van der Waals surface area contributed by atoms with Crippen molar-refractivity contribution in [1.82, 2.24) is 5.43 Å². The van der Waals surface area contributed by atoms with Crippen LogP contribution in [0.5, 0.6) is 11.5 Å². The predicted octanol–water partition coefficient (Wildman–Crippen LogP) is 5.71. The van der Waals surface area contributed by atoms with Gasteiger partial charge in [0.05, 0.1) is 22.9 Å². The number of hydrazone groups is 1. The molecule has 0 aliphatic heterocycles. The fraction of sp³-hybridized carbons (Fsp3) is 0.125. The molecule has 0 unspecified atom stereocenters. The summed E-state index contributed by atoms with van der Waals surface area (Å²) in [5.41, 5.74) is 3.97. The third-order valence-corrected chi connectivity index (χ3v) is 5.48. The quantitative estimate of drug-likeness (QED) is 0.226. The van der Waals surface area contributed by atoms with Gasteiger partial charge in [0.15, 0.2) is 11.5 Å². The maximum Gasteiger partial charge on any atom is 0.329 e. The molecule has 0 fully saturated rings. The predicted molar refractivity (Wildman–Crippen MR) is 134 cm³/mol. The number of halogens is 3. The fourth-order valence-electron chi connectivity index (χ4n) is 2.74. The van der Waals surface area contributed by atoms with Gasteiger partial charge in [-0.15, -0.1) is 0 Å². The summed E-state index contributed by atoms with van der Waals surface area (Å²) in [6, 6.07) is 17.0. The molecule has 0 heterocycles. The third-order valence-electron chi connectivity index (χ3n) is 4.37. The zero-order valence-corrected chi connectivity index (χ0v) is 20.2. The molecule has 0 radical (unpaired) electrons. The maximum atomic E-state index is 12.0. The third kappa shape index (κ3) is 7.12. The molecule has 0 saturated heterocycles. The van der Waals surface area contributed by atoms with Crippen LogP contribution >= 0.6 is 34.8 Å². The maximum absolute atomic E-state index is 12.0. The van der Waals surface area contributed by atoms with E-state index in [-0.39, 0.29) is 11.6 Å². The number of carbonyl (C=O) groups is 2. The standard InChI is InChI=1S/C24H20Cl3N3O4/c1-2-33-22-11-15(7-10-21(22)34-14-16-5-3-4-6-18(16)25)13-28-30-24(32)23(31)29-17-8-9-19(26)20(27)12-17/h3-13H,2,14H2,1H3,(H,29,31)(H,30,32). The van der Waals surface area contributed by atoms with E-state index in [1.165, 1.54) is 24.4 Å². The summed E-state index contributed by atoms with van der Waals surface area (Å²) in [7, 11) is 0. The summed E-state index contributed by atoms with van der Waals surface area (Å²) in [6.45, 7) is 2.55. The highest BCUT2D eigenvalue weighted by Crippen LogP contribution is 2.29. The van der Waals surface area contributed by atoms with Crippen LogP contribution in [0.1, 0.15) is 18.1 Å². The van der Waals surface area contributed by atoms with Crippen molar-refractivity contribution in [3.05, 3.63) is 86.9 Å². The van der Waals surface area contributed by atoms with Crippen LogP contribution in [0, 0.1) is 0 Å². The number of hydrogen-bond acceptors (Lipinski definition) is 5. The van der Waals surface area contributed by atoms with Gasteiger partial charge in [0.25, 0.3) is 0 Å². The Morgan fingerprint density at radius 1 is 0.882 bits per heavy atom. The van der Waals surface area contributed by atoms with Crippen molar-refractivity contribution in [2.45, 2.75) is 13.5 Å². The van der Waals surface area contributed by atoms with E-state index in [1.54, 1.807) is 24.3 Å². The van der Waals surface area contributed by atoms with E-state index in [0.29, 0.717) is 39.4 Å². The Bertz CT molecular complexity index is 1220. The molecule has 7 nitrogen and oxygen atoms in total. The van der Waals surface area contributed by atoms with Gasteiger partial charge in [0.2, 0.25) is 0 Å². The molecule has 0 atom stereocenters. The number of amides is 2. The lowest BCUT2D eigenvalue weighted by Crippen LogP contribution is -2.32. The van der Waals surface area contributed by atoms with Crippen molar-refractivity contribution >= 4 is 58.5 Å². The molecule has 3 aromatic carbocycles. The highest BCUT2D eigenvalue weighted by molar-refractivity contribution is 6.43. The summed E-state index contributed by atoms with van der Waals surface area (Å²) >= 11 is 17.9. The minimum absolute atomic E-state index is 0.252. The zero-order valence-electron chi connectivity index (χ0n) is 18.0. The highest BCUT2D eigenvalue weighted by Gasteiger charge is 2.14. The average molecular weight is 521 g/mol. The van der Waals surface area contributed by atoms with Crippen molar-refractivity contribution in [3.63, 3.8) is 0 Å². The molecule has 3 rings (SSSR count). The lowest BCUT2D eigenvalue weighted by molar-refractivity contribution is -0.136. The summed E-state index contributed by atoms with van der Waals surface area (Å²) < 4.78 is 11.5. The smallest absolute Gasteiger partial charge is 0.329 e. The lowest BCUT2D eigenvalue weighted by Gasteiger charge is -2.13. The van der Waals surface area contributed by atoms with Crippen molar-refractivity contribution in [1.29, 1.82) is 0 Å². The Balaban J connectivity index is 1.60. The molecule has 0 aromatic heterocycles. The van der Waals surface area contributed by atoms with Crippen molar-refractivity contribution in [2.75, 3.05) is 11.9 Å². The van der Waals surface area contributed by atoms with E-state index in [1.807, 2.05) is 25.1 Å². The Morgan fingerprint density at radius 2 is 1.68 bits per heavy atom. The van der Waals surface area contributed by atoms with Gasteiger partial charge in [-0.1, -0.05) is 53.0 Å². The number of nitrogens with zero attached hydrogens (tertiary/aromatic N) is 1. The fourth-order valence-corrected chi connectivity index (χ4v) is 3.23. The van der Waals surface area contributed by atoms with E-state index in [0.717, 1.165) is 5.56 Å². The Labute approximate surface area is 211 Å². The SMILES string of the molecule is CCOc1cc(C=NNC(=O)C(=O)Nc2ccc(Cl)c(Cl)c2)ccc1OCc1ccccc1Cl. The number of carbonyl (C=O) groups excluding carboxylic acids is 2. The summed E-state index contributed by atoms with van der Waals surface area (Å²) in [4.78, 5) is 24.0. The first-order chi connectivity index (χ1) is 16.4. The monoisotopic (exact) mass is 519 g/mol. The Kier molecular flexibility index (Phi) is 9.16. The van der Waals surface area contributed by atoms with Gasteiger partial charge < -0.3 is 14.8 Å². The first-order valence-corrected chi connectivity index (χ1v) is 11.2. The van der Waals surface area contributed by atoms with Crippen LogP contribution in [-0.4, -0.2) is 24.6 Å². The average Bonchev–Trinajstić information content (AvgIpc) is 2.82. The molecule has 2 N–H and O–H groups in total. The molecule has 0 aliphatic carbocycles. The molecule has 0 spiro atoms. The first-order valence-electron chi connectivity index (χ1n) is 10.1. The number of rotatable bonds is 8. The second-order valence-electron chi connectivity index (χ2n) is 6.80. The van der Waals surface area contributed by atoms with E-state index in [9.17, 15) is 9.59 Å². The Hall–Kier alpha value is -3.26. The number of anilines is 1. The molecule has 0 bridgehead atoms. The minimum atomic E-state index is -0.952. The van der Waals surface area contributed by atoms with Gasteiger partial charge >= 0.3 is 11.8 Å². The second kappa shape index (κ2) is 12.3. The van der Waals surface area contributed by atoms with Gasteiger partial charge in [0.1, 0.15) is 6.61 Å². The Morgan fingerprint density at radius 3 is 2.41 bits per heavy atom. The van der Waals surface area contributed by atoms with Gasteiger partial charge in [0, 0.05) is 16.3 Å². The topological polar surface area (TPSA) is 89.0 Å². The van der Waals surface area contributed by atoms with Crippen LogP contribution in [0.4, 0.5) is 5.69 Å². The van der Waals surface area contributed by atoms with Crippen molar-refractivity contribution in [2.24, 2.45) is 5.10 Å². The zero-order chi connectivity index (χ0) is 24.5. The number of hydrogen-bond donors (Lipinski definition) is 2. The number of nitrogens with one attached hydrogen (secondary N) is 2. The summed E-state index contributed by atoms with van der Waals surface area (Å²) in [6.07, 6.45) is 1.38. The van der Waals surface area contributed by atoms with E-state index in [4.69, 9.17) is 44.3 Å². The van der Waals surface area contributed by atoms with Crippen LogP contribution in [0.3, 0.4) is 0 Å². The van der Waals surface area contributed by atoms with Crippen molar-refractivity contribution in [3.8, 4) is 11.5 Å². The molecule has 0 aliphatic rings. The number of benzene rings is 3. The lowest BCUT2D eigenvalue weighted by atomic mass is 10.2. The van der Waals surface area contributed by atoms with Gasteiger partial charge in [-0.25, -0.2) is 5.43 Å². The molecule has 2 amide bonds. The van der Waals surface area contributed by atoms with E-state index < -0.39 is 11.8 Å². The second-order valence-corrected chi connectivity index (χ2v) is 8.02. The first kappa shape index (κ1) is 25.4. The minimum Gasteiger partial charge on any atom is -0.490 e. The largest absolute Gasteiger partial charge is 0.490 e. The van der Waals surface area contributed by atoms with Crippen LogP contribution in [0.25, 0.3) is 0 Å². The normalized spacial score (nSPS) is 10.7. The highest BCUT2D eigenvalue weighted by atomic mass is 35.5. The van der Waals surface area contributed by atoms with Gasteiger partial charge in [-0.3, -0.25) is 9.59 Å². The van der Waals surface area contributed by atoms with E-state index >= 15 is 0 Å². The molecular formula is C24H20Cl3N3O4. The van der Waals surface area contributed by atoms with E-state index in [2.05, 4.69) is 15.8 Å². The van der Waals surface area contributed by atoms with Crippen LogP contribution < -0.4 is 20.2 Å². The molecule has 3 aromatic rings. The van der Waals surface area contributed by atoms with Gasteiger partial charge in [-0.05, 0) is 55.0 Å². The van der Waals surface area contributed by atoms with Crippen LogP contribution in [0.2, 0.25) is 15.1 Å².